The van der Waals surface area contributed by atoms with E-state index >= 15 is 0 Å². The number of rotatable bonds is 4. The lowest BCUT2D eigenvalue weighted by atomic mass is 10.2. The lowest BCUT2D eigenvalue weighted by molar-refractivity contribution is -0.148. The Hall–Kier alpha value is -1.66. The minimum absolute atomic E-state index is 0.154. The molecular formula is C14H18FNO4. The van der Waals surface area contributed by atoms with E-state index in [1.165, 1.54) is 18.2 Å². The first-order valence-electron chi connectivity index (χ1n) is 6.53. The van der Waals surface area contributed by atoms with E-state index in [1.54, 1.807) is 17.9 Å². The Labute approximate surface area is 116 Å². The minimum atomic E-state index is -0.746. The quantitative estimate of drug-likeness (QED) is 0.888. The lowest BCUT2D eigenvalue weighted by Gasteiger charge is -2.35. The highest BCUT2D eigenvalue weighted by molar-refractivity contribution is 5.81. The second-order valence-corrected chi connectivity index (χ2v) is 4.66. The highest BCUT2D eigenvalue weighted by Crippen LogP contribution is 2.16. The number of halogens is 1. The van der Waals surface area contributed by atoms with Gasteiger partial charge in [-0.1, -0.05) is 6.07 Å². The summed E-state index contributed by atoms with van der Waals surface area (Å²) in [5.41, 5.74) is 0. The van der Waals surface area contributed by atoms with Gasteiger partial charge in [-0.05, 0) is 19.1 Å². The maximum absolute atomic E-state index is 13.1. The number of benzene rings is 1. The van der Waals surface area contributed by atoms with Crippen LogP contribution < -0.4 is 4.74 Å². The van der Waals surface area contributed by atoms with Crippen LogP contribution in [-0.4, -0.2) is 54.4 Å². The number of ether oxygens (including phenoxy) is 2. The van der Waals surface area contributed by atoms with Gasteiger partial charge in [-0.25, -0.2) is 4.39 Å². The third-order valence-electron chi connectivity index (χ3n) is 3.18. The predicted molar refractivity (Wildman–Crippen MR) is 69.9 cm³/mol. The number of hydrogen-bond donors (Lipinski definition) is 1. The zero-order valence-electron chi connectivity index (χ0n) is 11.3. The Morgan fingerprint density at radius 3 is 3.15 bits per heavy atom. The van der Waals surface area contributed by atoms with E-state index in [2.05, 4.69) is 0 Å². The summed E-state index contributed by atoms with van der Waals surface area (Å²) in [6.07, 6.45) is -0.746. The van der Waals surface area contributed by atoms with Gasteiger partial charge in [0.1, 0.15) is 11.6 Å². The summed E-state index contributed by atoms with van der Waals surface area (Å²) in [4.78, 5) is 13.8. The normalized spacial score (nSPS) is 20.6. The summed E-state index contributed by atoms with van der Waals surface area (Å²) in [6.45, 7) is 2.63. The van der Waals surface area contributed by atoms with Crippen LogP contribution in [0, 0.1) is 5.82 Å². The monoisotopic (exact) mass is 283 g/mol. The molecule has 2 atom stereocenters. The molecule has 2 rings (SSSR count). The number of aliphatic hydroxyl groups is 1. The second kappa shape index (κ2) is 6.67. The van der Waals surface area contributed by atoms with Crippen LogP contribution in [0.4, 0.5) is 4.39 Å². The molecule has 110 valence electrons. The van der Waals surface area contributed by atoms with Crippen molar-refractivity contribution in [1.82, 2.24) is 4.90 Å². The Bertz CT molecular complexity index is 468. The first-order chi connectivity index (χ1) is 9.61. The molecule has 1 aliphatic rings. The van der Waals surface area contributed by atoms with Crippen molar-refractivity contribution in [1.29, 1.82) is 0 Å². The number of aliphatic hydroxyl groups excluding tert-OH is 1. The number of amides is 1. The third-order valence-corrected chi connectivity index (χ3v) is 3.18. The number of morpholine rings is 1. The van der Waals surface area contributed by atoms with Crippen molar-refractivity contribution in [3.63, 3.8) is 0 Å². The molecule has 0 aromatic heterocycles. The van der Waals surface area contributed by atoms with Crippen LogP contribution in [0.2, 0.25) is 0 Å². The Morgan fingerprint density at radius 2 is 2.45 bits per heavy atom. The molecule has 1 heterocycles. The molecule has 1 amide bonds. The summed E-state index contributed by atoms with van der Waals surface area (Å²) in [7, 11) is 0. The second-order valence-electron chi connectivity index (χ2n) is 4.66. The molecular weight excluding hydrogens is 265 g/mol. The third kappa shape index (κ3) is 3.46. The van der Waals surface area contributed by atoms with Crippen molar-refractivity contribution in [2.24, 2.45) is 0 Å². The van der Waals surface area contributed by atoms with E-state index in [0.717, 1.165) is 0 Å². The Balaban J connectivity index is 2.00. The van der Waals surface area contributed by atoms with Gasteiger partial charge in [0, 0.05) is 12.6 Å². The maximum Gasteiger partial charge on any atom is 0.263 e. The van der Waals surface area contributed by atoms with Crippen molar-refractivity contribution >= 4 is 5.91 Å². The topological polar surface area (TPSA) is 59.0 Å². The highest BCUT2D eigenvalue weighted by atomic mass is 19.1. The van der Waals surface area contributed by atoms with Crippen molar-refractivity contribution in [2.45, 2.75) is 19.1 Å². The Morgan fingerprint density at radius 1 is 1.65 bits per heavy atom. The first-order valence-corrected chi connectivity index (χ1v) is 6.53. The van der Waals surface area contributed by atoms with Gasteiger partial charge < -0.3 is 19.5 Å². The smallest absolute Gasteiger partial charge is 0.263 e. The van der Waals surface area contributed by atoms with Crippen LogP contribution in [0.1, 0.15) is 6.92 Å². The summed E-state index contributed by atoms with van der Waals surface area (Å²) in [6, 6.07) is 5.30. The van der Waals surface area contributed by atoms with Crippen LogP contribution in [0.3, 0.4) is 0 Å². The molecule has 20 heavy (non-hydrogen) atoms. The Kier molecular flexibility index (Phi) is 4.92. The van der Waals surface area contributed by atoms with E-state index in [-0.39, 0.29) is 18.6 Å². The lowest BCUT2D eigenvalue weighted by Crippen LogP contribution is -2.54. The average Bonchev–Trinajstić information content (AvgIpc) is 2.46. The molecule has 6 heteroatoms. The molecule has 1 fully saturated rings. The van der Waals surface area contributed by atoms with Gasteiger partial charge in [-0.15, -0.1) is 0 Å². The van der Waals surface area contributed by atoms with E-state index in [4.69, 9.17) is 9.47 Å². The van der Waals surface area contributed by atoms with Gasteiger partial charge in [0.25, 0.3) is 5.91 Å². The highest BCUT2D eigenvalue weighted by Gasteiger charge is 2.30. The SMILES string of the molecule is CC(Oc1cccc(F)c1)C(=O)N1CCOCC1CO. The number of nitrogens with zero attached hydrogens (tertiary/aromatic N) is 1. The molecule has 0 bridgehead atoms. The van der Waals surface area contributed by atoms with Gasteiger partial charge in [-0.2, -0.15) is 0 Å². The molecule has 1 saturated heterocycles. The molecule has 1 N–H and O–H groups in total. The molecule has 1 aromatic carbocycles. The minimum Gasteiger partial charge on any atom is -0.481 e. The summed E-state index contributed by atoms with van der Waals surface area (Å²) in [5.74, 6) is -0.349. The molecule has 0 radical (unpaired) electrons. The molecule has 0 aliphatic carbocycles. The zero-order valence-corrected chi connectivity index (χ0v) is 11.3. The number of hydrogen-bond acceptors (Lipinski definition) is 4. The van der Waals surface area contributed by atoms with Crippen molar-refractivity contribution in [3.8, 4) is 5.75 Å². The fourth-order valence-corrected chi connectivity index (χ4v) is 2.12. The molecule has 1 aliphatic heterocycles. The first kappa shape index (κ1) is 14.7. The molecule has 2 unspecified atom stereocenters. The summed E-state index contributed by atoms with van der Waals surface area (Å²) in [5, 5.41) is 9.25. The van der Waals surface area contributed by atoms with E-state index < -0.39 is 11.9 Å². The van der Waals surface area contributed by atoms with E-state index in [0.29, 0.717) is 25.5 Å². The molecule has 0 spiro atoms. The van der Waals surface area contributed by atoms with E-state index in [9.17, 15) is 14.3 Å². The standard InChI is InChI=1S/C14H18FNO4/c1-10(20-13-4-2-3-11(15)7-13)14(18)16-5-6-19-9-12(16)8-17/h2-4,7,10,12,17H,5-6,8-9H2,1H3. The number of carbonyl (C=O) groups is 1. The van der Waals surface area contributed by atoms with Crippen molar-refractivity contribution in [2.75, 3.05) is 26.4 Å². The van der Waals surface area contributed by atoms with Crippen LogP contribution >= 0.6 is 0 Å². The van der Waals surface area contributed by atoms with Crippen molar-refractivity contribution < 1.29 is 23.8 Å². The maximum atomic E-state index is 13.1. The predicted octanol–water partition coefficient (Wildman–Crippen LogP) is 0.813. The van der Waals surface area contributed by atoms with Crippen molar-refractivity contribution in [3.05, 3.63) is 30.1 Å². The van der Waals surface area contributed by atoms with Gasteiger partial charge in [0.05, 0.1) is 25.9 Å². The van der Waals surface area contributed by atoms with Gasteiger partial charge >= 0.3 is 0 Å². The molecule has 1 aromatic rings. The van der Waals surface area contributed by atoms with Crippen LogP contribution in [0.25, 0.3) is 0 Å². The summed E-state index contributed by atoms with van der Waals surface area (Å²) < 4.78 is 23.7. The fraction of sp³-hybridized carbons (Fsp3) is 0.500. The van der Waals surface area contributed by atoms with Crippen LogP contribution in [-0.2, 0) is 9.53 Å². The van der Waals surface area contributed by atoms with Gasteiger partial charge in [0.15, 0.2) is 6.10 Å². The van der Waals surface area contributed by atoms with Gasteiger partial charge in [0.2, 0.25) is 0 Å². The fourth-order valence-electron chi connectivity index (χ4n) is 2.12. The zero-order chi connectivity index (χ0) is 14.5. The summed E-state index contributed by atoms with van der Waals surface area (Å²) >= 11 is 0. The van der Waals surface area contributed by atoms with Gasteiger partial charge in [-0.3, -0.25) is 4.79 Å². The van der Waals surface area contributed by atoms with Crippen LogP contribution in [0.15, 0.2) is 24.3 Å². The van der Waals surface area contributed by atoms with Crippen LogP contribution in [0.5, 0.6) is 5.75 Å². The molecule has 0 saturated carbocycles. The largest absolute Gasteiger partial charge is 0.481 e. The number of carbonyl (C=O) groups excluding carboxylic acids is 1. The van der Waals surface area contributed by atoms with E-state index in [1.807, 2.05) is 0 Å². The average molecular weight is 283 g/mol. The molecule has 5 nitrogen and oxygen atoms in total.